The van der Waals surface area contributed by atoms with Crippen molar-refractivity contribution in [2.45, 2.75) is 37.6 Å². The van der Waals surface area contributed by atoms with Crippen LogP contribution in [0, 0.1) is 12.8 Å². The molecular formula is C12H19N3S. The topological polar surface area (TPSA) is 37.8 Å². The van der Waals surface area contributed by atoms with Crippen LogP contribution in [-0.2, 0) is 0 Å². The number of aryl methyl sites for hydroxylation is 1. The van der Waals surface area contributed by atoms with Gasteiger partial charge in [0.1, 0.15) is 5.03 Å². The van der Waals surface area contributed by atoms with E-state index in [1.165, 1.54) is 37.0 Å². The van der Waals surface area contributed by atoms with E-state index in [1.54, 1.807) is 0 Å². The minimum Gasteiger partial charge on any atom is -0.357 e. The Morgan fingerprint density at radius 3 is 2.88 bits per heavy atom. The summed E-state index contributed by atoms with van der Waals surface area (Å²) in [6.45, 7) is 2.08. The first-order valence-corrected chi connectivity index (χ1v) is 6.92. The van der Waals surface area contributed by atoms with E-state index < -0.39 is 0 Å². The molecule has 3 nitrogen and oxygen atoms in total. The molecule has 1 saturated carbocycles. The minimum atomic E-state index is 0.722. The van der Waals surface area contributed by atoms with Gasteiger partial charge in [0.05, 0.1) is 0 Å². The maximum Gasteiger partial charge on any atom is 0.223 e. The summed E-state index contributed by atoms with van der Waals surface area (Å²) < 4.78 is 0. The fourth-order valence-electron chi connectivity index (χ4n) is 2.07. The summed E-state index contributed by atoms with van der Waals surface area (Å²) in [4.78, 5) is 8.69. The summed E-state index contributed by atoms with van der Waals surface area (Å²) in [6.07, 6.45) is 7.52. The molecule has 16 heavy (non-hydrogen) atoms. The fourth-order valence-corrected chi connectivity index (χ4v) is 3.23. The smallest absolute Gasteiger partial charge is 0.223 e. The van der Waals surface area contributed by atoms with Crippen LogP contribution in [0.2, 0.25) is 0 Å². The maximum absolute atomic E-state index is 4.49. The lowest BCUT2D eigenvalue weighted by Gasteiger charge is -2.10. The first kappa shape index (κ1) is 11.7. The van der Waals surface area contributed by atoms with Crippen LogP contribution in [0.1, 0.15) is 31.2 Å². The molecule has 0 unspecified atom stereocenters. The molecule has 0 spiro atoms. The molecule has 0 saturated heterocycles. The highest BCUT2D eigenvalue weighted by atomic mass is 32.2. The minimum absolute atomic E-state index is 0.722. The van der Waals surface area contributed by atoms with Crippen LogP contribution in [0.15, 0.2) is 11.2 Å². The molecule has 0 bridgehead atoms. The predicted molar refractivity (Wildman–Crippen MR) is 69.0 cm³/mol. The third kappa shape index (κ3) is 2.88. The van der Waals surface area contributed by atoms with E-state index in [0.717, 1.165) is 16.9 Å². The van der Waals surface area contributed by atoms with Gasteiger partial charge in [0.25, 0.3) is 0 Å². The molecule has 1 aromatic rings. The molecule has 1 heterocycles. The lowest BCUT2D eigenvalue weighted by atomic mass is 10.1. The van der Waals surface area contributed by atoms with Crippen molar-refractivity contribution in [3.05, 3.63) is 11.8 Å². The Bertz CT molecular complexity index is 348. The highest BCUT2D eigenvalue weighted by Gasteiger charge is 2.16. The second-order valence-corrected chi connectivity index (χ2v) is 5.40. The van der Waals surface area contributed by atoms with Gasteiger partial charge in [0.2, 0.25) is 5.95 Å². The van der Waals surface area contributed by atoms with E-state index in [2.05, 4.69) is 22.2 Å². The zero-order chi connectivity index (χ0) is 11.4. The molecule has 0 atom stereocenters. The highest BCUT2D eigenvalue weighted by Crippen LogP contribution is 2.31. The van der Waals surface area contributed by atoms with Crippen LogP contribution < -0.4 is 5.32 Å². The van der Waals surface area contributed by atoms with Crippen molar-refractivity contribution in [1.29, 1.82) is 0 Å². The number of nitrogens with one attached hydrogen (secondary N) is 1. The molecule has 1 fully saturated rings. The highest BCUT2D eigenvalue weighted by molar-refractivity contribution is 7.99. The average Bonchev–Trinajstić information content (AvgIpc) is 2.81. The first-order chi connectivity index (χ1) is 7.79. The van der Waals surface area contributed by atoms with Crippen molar-refractivity contribution in [2.75, 3.05) is 18.1 Å². The van der Waals surface area contributed by atoms with Crippen LogP contribution in [-0.4, -0.2) is 22.8 Å². The first-order valence-electron chi connectivity index (χ1n) is 5.94. The van der Waals surface area contributed by atoms with E-state index >= 15 is 0 Å². The molecule has 1 aromatic heterocycles. The third-order valence-corrected chi connectivity index (χ3v) is 4.40. The summed E-state index contributed by atoms with van der Waals surface area (Å²) in [6, 6.07) is 0. The van der Waals surface area contributed by atoms with Crippen molar-refractivity contribution in [3.63, 3.8) is 0 Å². The Morgan fingerprint density at radius 2 is 2.19 bits per heavy atom. The van der Waals surface area contributed by atoms with Crippen molar-refractivity contribution in [1.82, 2.24) is 9.97 Å². The van der Waals surface area contributed by atoms with Gasteiger partial charge in [-0.15, -0.1) is 11.8 Å². The van der Waals surface area contributed by atoms with Crippen molar-refractivity contribution < 1.29 is 0 Å². The molecule has 1 N–H and O–H groups in total. The van der Waals surface area contributed by atoms with Crippen LogP contribution in [0.4, 0.5) is 5.95 Å². The number of thioether (sulfide) groups is 1. The van der Waals surface area contributed by atoms with Crippen LogP contribution in [0.5, 0.6) is 0 Å². The molecule has 0 aromatic carbocycles. The fraction of sp³-hybridized carbons (Fsp3) is 0.667. The Balaban J connectivity index is 1.96. The molecule has 2 rings (SSSR count). The lowest BCUT2D eigenvalue weighted by molar-refractivity contribution is 0.622. The number of nitrogens with zero attached hydrogens (tertiary/aromatic N) is 2. The summed E-state index contributed by atoms with van der Waals surface area (Å²) in [5, 5.41) is 4.12. The zero-order valence-electron chi connectivity index (χ0n) is 9.99. The molecule has 0 radical (unpaired) electrons. The van der Waals surface area contributed by atoms with Crippen molar-refractivity contribution in [3.8, 4) is 0 Å². The second-order valence-electron chi connectivity index (χ2n) is 4.39. The van der Waals surface area contributed by atoms with Gasteiger partial charge in [-0.05, 0) is 31.2 Å². The number of rotatable bonds is 4. The number of anilines is 1. The molecule has 88 valence electrons. The summed E-state index contributed by atoms with van der Waals surface area (Å²) in [5.74, 6) is 2.83. The van der Waals surface area contributed by atoms with Gasteiger partial charge in [-0.25, -0.2) is 9.97 Å². The van der Waals surface area contributed by atoms with Gasteiger partial charge >= 0.3 is 0 Å². The lowest BCUT2D eigenvalue weighted by Crippen LogP contribution is -2.01. The van der Waals surface area contributed by atoms with E-state index in [9.17, 15) is 0 Å². The second kappa shape index (κ2) is 5.53. The molecule has 1 aliphatic carbocycles. The standard InChI is InChI=1S/C12H19N3S/c1-9-7-14-12(13-2)15-11(9)16-8-10-5-3-4-6-10/h7,10H,3-6,8H2,1-2H3,(H,13,14,15). The van der Waals surface area contributed by atoms with Gasteiger partial charge in [-0.3, -0.25) is 0 Å². The zero-order valence-corrected chi connectivity index (χ0v) is 10.8. The van der Waals surface area contributed by atoms with Gasteiger partial charge in [-0.2, -0.15) is 0 Å². The largest absolute Gasteiger partial charge is 0.357 e. The van der Waals surface area contributed by atoms with Crippen LogP contribution in [0.3, 0.4) is 0 Å². The molecule has 4 heteroatoms. The normalized spacial score (nSPS) is 16.6. The Labute approximate surface area is 101 Å². The monoisotopic (exact) mass is 237 g/mol. The van der Waals surface area contributed by atoms with Crippen molar-refractivity contribution in [2.24, 2.45) is 5.92 Å². The van der Waals surface area contributed by atoms with E-state index in [0.29, 0.717) is 0 Å². The van der Waals surface area contributed by atoms with Gasteiger partial charge < -0.3 is 5.32 Å². The number of aromatic nitrogens is 2. The van der Waals surface area contributed by atoms with E-state index in [-0.39, 0.29) is 0 Å². The number of hydrogen-bond donors (Lipinski definition) is 1. The summed E-state index contributed by atoms with van der Waals surface area (Å²) in [7, 11) is 1.86. The SMILES string of the molecule is CNc1ncc(C)c(SCC2CCCC2)n1. The molecule has 1 aliphatic rings. The van der Waals surface area contributed by atoms with E-state index in [4.69, 9.17) is 0 Å². The van der Waals surface area contributed by atoms with Crippen LogP contribution >= 0.6 is 11.8 Å². The third-order valence-electron chi connectivity index (χ3n) is 3.08. The Morgan fingerprint density at radius 1 is 1.44 bits per heavy atom. The van der Waals surface area contributed by atoms with Gasteiger partial charge in [0, 0.05) is 19.0 Å². The Hall–Kier alpha value is -0.770. The quantitative estimate of drug-likeness (QED) is 0.645. The summed E-state index contributed by atoms with van der Waals surface area (Å²) in [5.41, 5.74) is 1.18. The average molecular weight is 237 g/mol. The number of hydrogen-bond acceptors (Lipinski definition) is 4. The van der Waals surface area contributed by atoms with Gasteiger partial charge in [0.15, 0.2) is 0 Å². The van der Waals surface area contributed by atoms with Gasteiger partial charge in [-0.1, -0.05) is 12.8 Å². The van der Waals surface area contributed by atoms with E-state index in [1.807, 2.05) is 25.0 Å². The maximum atomic E-state index is 4.49. The van der Waals surface area contributed by atoms with Crippen molar-refractivity contribution >= 4 is 17.7 Å². The Kier molecular flexibility index (Phi) is 4.04. The molecule has 0 amide bonds. The molecule has 0 aliphatic heterocycles. The predicted octanol–water partition coefficient (Wildman–Crippen LogP) is 3.11. The van der Waals surface area contributed by atoms with Crippen LogP contribution in [0.25, 0.3) is 0 Å². The molecular weight excluding hydrogens is 218 g/mol. The summed E-state index contributed by atoms with van der Waals surface area (Å²) >= 11 is 1.88.